The smallest absolute Gasteiger partial charge is 0.258 e. The lowest BCUT2D eigenvalue weighted by Gasteiger charge is -2.45. The van der Waals surface area contributed by atoms with E-state index in [4.69, 9.17) is 16.2 Å². The molecule has 3 rings (SSSR count). The van der Waals surface area contributed by atoms with E-state index >= 15 is 0 Å². The van der Waals surface area contributed by atoms with Gasteiger partial charge in [0.05, 0.1) is 0 Å². The number of fused-ring (bicyclic) bond motifs is 2. The zero-order valence-electron chi connectivity index (χ0n) is 13.7. The minimum atomic E-state index is -0.485. The standard InChI is InChI=1S/C18H25N3O3/c19-14-8-12-2-1-3-13(9-14)17(12)21-16(22)10-24-15-6-4-11(5-7-15)18(20)23/h4-7,12-14,17H,1-3,8-10,19H2,(H2,20,23)(H,21,22). The predicted octanol–water partition coefficient (Wildman–Crippen LogP) is 1.19. The summed E-state index contributed by atoms with van der Waals surface area (Å²) in [6, 6.07) is 6.95. The van der Waals surface area contributed by atoms with Crippen molar-refractivity contribution in [1.82, 2.24) is 5.32 Å². The van der Waals surface area contributed by atoms with Gasteiger partial charge in [0.15, 0.2) is 6.61 Å². The van der Waals surface area contributed by atoms with E-state index in [0.29, 0.717) is 23.1 Å². The Labute approximate surface area is 141 Å². The Kier molecular flexibility index (Phi) is 5.04. The summed E-state index contributed by atoms with van der Waals surface area (Å²) >= 11 is 0. The molecule has 5 N–H and O–H groups in total. The Balaban J connectivity index is 1.51. The minimum Gasteiger partial charge on any atom is -0.484 e. The number of nitrogens with two attached hydrogens (primary N) is 2. The molecule has 24 heavy (non-hydrogen) atoms. The fraction of sp³-hybridized carbons (Fsp3) is 0.556. The Bertz CT molecular complexity index is 588. The molecule has 2 amide bonds. The van der Waals surface area contributed by atoms with Gasteiger partial charge in [-0.25, -0.2) is 0 Å². The van der Waals surface area contributed by atoms with Crippen molar-refractivity contribution in [3.05, 3.63) is 29.8 Å². The van der Waals surface area contributed by atoms with Crippen LogP contribution >= 0.6 is 0 Å². The lowest BCUT2D eigenvalue weighted by Crippen LogP contribution is -2.54. The number of carbonyl (C=O) groups is 2. The molecule has 0 aliphatic heterocycles. The van der Waals surface area contributed by atoms with Gasteiger partial charge in [-0.05, 0) is 61.8 Å². The Morgan fingerprint density at radius 2 is 1.75 bits per heavy atom. The van der Waals surface area contributed by atoms with E-state index in [1.165, 1.54) is 6.42 Å². The molecule has 2 aliphatic carbocycles. The number of nitrogens with one attached hydrogen (secondary N) is 1. The molecular weight excluding hydrogens is 306 g/mol. The van der Waals surface area contributed by atoms with Crippen molar-refractivity contribution >= 4 is 11.8 Å². The number of hydrogen-bond acceptors (Lipinski definition) is 4. The SMILES string of the molecule is NC(=O)c1ccc(OCC(=O)NC2C3CCCC2CC(N)C3)cc1. The van der Waals surface area contributed by atoms with Crippen LogP contribution in [-0.2, 0) is 4.79 Å². The van der Waals surface area contributed by atoms with Crippen molar-refractivity contribution in [1.29, 1.82) is 0 Å². The lowest BCUT2D eigenvalue weighted by molar-refractivity contribution is -0.125. The third kappa shape index (κ3) is 3.87. The van der Waals surface area contributed by atoms with Crippen LogP contribution in [0, 0.1) is 11.8 Å². The first-order valence-electron chi connectivity index (χ1n) is 8.60. The maximum Gasteiger partial charge on any atom is 0.258 e. The number of rotatable bonds is 5. The summed E-state index contributed by atoms with van der Waals surface area (Å²) in [5, 5.41) is 3.15. The van der Waals surface area contributed by atoms with E-state index in [9.17, 15) is 9.59 Å². The molecule has 0 radical (unpaired) electrons. The number of primary amides is 1. The molecule has 1 aromatic carbocycles. The van der Waals surface area contributed by atoms with Gasteiger partial charge in [-0.3, -0.25) is 9.59 Å². The van der Waals surface area contributed by atoms with Crippen LogP contribution in [0.5, 0.6) is 5.75 Å². The molecule has 0 heterocycles. The summed E-state index contributed by atoms with van der Waals surface area (Å²) < 4.78 is 5.50. The normalized spacial score (nSPS) is 28.9. The fourth-order valence-corrected chi connectivity index (χ4v) is 4.12. The monoisotopic (exact) mass is 331 g/mol. The van der Waals surface area contributed by atoms with Crippen LogP contribution in [0.2, 0.25) is 0 Å². The predicted molar refractivity (Wildman–Crippen MR) is 90.4 cm³/mol. The highest BCUT2D eigenvalue weighted by molar-refractivity contribution is 5.92. The van der Waals surface area contributed by atoms with E-state index in [-0.39, 0.29) is 24.6 Å². The first kappa shape index (κ1) is 16.8. The van der Waals surface area contributed by atoms with Gasteiger partial charge in [0.2, 0.25) is 5.91 Å². The molecule has 2 bridgehead atoms. The Morgan fingerprint density at radius 3 is 2.33 bits per heavy atom. The highest BCUT2D eigenvalue weighted by atomic mass is 16.5. The summed E-state index contributed by atoms with van der Waals surface area (Å²) in [7, 11) is 0. The maximum absolute atomic E-state index is 12.2. The molecule has 6 heteroatoms. The van der Waals surface area contributed by atoms with Crippen LogP contribution in [0.25, 0.3) is 0 Å². The second-order valence-electron chi connectivity index (χ2n) is 6.95. The van der Waals surface area contributed by atoms with Gasteiger partial charge in [0.25, 0.3) is 5.91 Å². The van der Waals surface area contributed by atoms with Crippen molar-refractivity contribution in [3.63, 3.8) is 0 Å². The van der Waals surface area contributed by atoms with Crippen molar-refractivity contribution in [2.24, 2.45) is 23.3 Å². The summed E-state index contributed by atoms with van der Waals surface area (Å²) in [5.74, 6) is 0.936. The van der Waals surface area contributed by atoms with Crippen LogP contribution < -0.4 is 21.5 Å². The molecule has 130 valence electrons. The fourth-order valence-electron chi connectivity index (χ4n) is 4.12. The molecule has 0 spiro atoms. The van der Waals surface area contributed by atoms with Crippen LogP contribution in [0.1, 0.15) is 42.5 Å². The number of benzene rings is 1. The van der Waals surface area contributed by atoms with Gasteiger partial charge >= 0.3 is 0 Å². The molecule has 2 aliphatic rings. The van der Waals surface area contributed by atoms with Crippen molar-refractivity contribution in [2.75, 3.05) is 6.61 Å². The second kappa shape index (κ2) is 7.21. The highest BCUT2D eigenvalue weighted by Crippen LogP contribution is 2.39. The van der Waals surface area contributed by atoms with E-state index in [2.05, 4.69) is 5.32 Å². The Hall–Kier alpha value is -2.08. The molecular formula is C18H25N3O3. The first-order chi connectivity index (χ1) is 11.5. The van der Waals surface area contributed by atoms with Crippen LogP contribution in [0.3, 0.4) is 0 Å². The number of ether oxygens (including phenoxy) is 1. The van der Waals surface area contributed by atoms with Crippen LogP contribution in [0.15, 0.2) is 24.3 Å². The minimum absolute atomic E-state index is 0.0298. The van der Waals surface area contributed by atoms with E-state index < -0.39 is 5.91 Å². The van der Waals surface area contributed by atoms with E-state index in [1.807, 2.05) is 0 Å². The summed E-state index contributed by atoms with van der Waals surface area (Å²) in [6.07, 6.45) is 5.51. The van der Waals surface area contributed by atoms with Gasteiger partial charge in [-0.2, -0.15) is 0 Å². The van der Waals surface area contributed by atoms with Gasteiger partial charge in [0, 0.05) is 17.6 Å². The van der Waals surface area contributed by atoms with Gasteiger partial charge in [-0.1, -0.05) is 6.42 Å². The van der Waals surface area contributed by atoms with E-state index in [1.54, 1.807) is 24.3 Å². The van der Waals surface area contributed by atoms with Crippen molar-refractivity contribution in [2.45, 2.75) is 44.2 Å². The number of carbonyl (C=O) groups excluding carboxylic acids is 2. The zero-order chi connectivity index (χ0) is 17.1. The topological polar surface area (TPSA) is 107 Å². The lowest BCUT2D eigenvalue weighted by atomic mass is 9.67. The highest BCUT2D eigenvalue weighted by Gasteiger charge is 2.39. The number of hydrogen-bond donors (Lipinski definition) is 3. The second-order valence-corrected chi connectivity index (χ2v) is 6.95. The van der Waals surface area contributed by atoms with Crippen LogP contribution in [0.4, 0.5) is 0 Å². The molecule has 6 nitrogen and oxygen atoms in total. The summed E-state index contributed by atoms with van der Waals surface area (Å²) in [4.78, 5) is 23.3. The molecule has 0 saturated heterocycles. The third-order valence-corrected chi connectivity index (χ3v) is 5.21. The largest absolute Gasteiger partial charge is 0.484 e. The maximum atomic E-state index is 12.2. The summed E-state index contributed by atoms with van der Waals surface area (Å²) in [6.45, 7) is -0.0298. The van der Waals surface area contributed by atoms with Crippen molar-refractivity contribution < 1.29 is 14.3 Å². The van der Waals surface area contributed by atoms with Crippen LogP contribution in [-0.4, -0.2) is 30.5 Å². The molecule has 2 unspecified atom stereocenters. The molecule has 0 aromatic heterocycles. The Morgan fingerprint density at radius 1 is 1.12 bits per heavy atom. The molecule has 2 saturated carbocycles. The zero-order valence-corrected chi connectivity index (χ0v) is 13.7. The number of amides is 2. The summed E-state index contributed by atoms with van der Waals surface area (Å²) in [5.41, 5.74) is 11.7. The average Bonchev–Trinajstić information content (AvgIpc) is 2.54. The van der Waals surface area contributed by atoms with E-state index in [0.717, 1.165) is 25.7 Å². The third-order valence-electron chi connectivity index (χ3n) is 5.21. The van der Waals surface area contributed by atoms with Gasteiger partial charge in [-0.15, -0.1) is 0 Å². The average molecular weight is 331 g/mol. The van der Waals surface area contributed by atoms with Crippen molar-refractivity contribution in [3.8, 4) is 5.75 Å². The first-order valence-corrected chi connectivity index (χ1v) is 8.60. The van der Waals surface area contributed by atoms with Gasteiger partial charge in [0.1, 0.15) is 5.75 Å². The van der Waals surface area contributed by atoms with Gasteiger partial charge < -0.3 is 21.5 Å². The molecule has 2 fully saturated rings. The molecule has 2 atom stereocenters. The molecule has 1 aromatic rings. The quantitative estimate of drug-likeness (QED) is 0.753.